The van der Waals surface area contributed by atoms with Gasteiger partial charge in [-0.3, -0.25) is 0 Å². The fourth-order valence-corrected chi connectivity index (χ4v) is 5.96. The van der Waals surface area contributed by atoms with Gasteiger partial charge in [0.15, 0.2) is 0 Å². The normalized spacial score (nSPS) is 11.7. The van der Waals surface area contributed by atoms with E-state index in [1.807, 2.05) is 12.1 Å². The average molecular weight is 486 g/mol. The van der Waals surface area contributed by atoms with E-state index in [1.54, 1.807) is 0 Å². The van der Waals surface area contributed by atoms with Gasteiger partial charge in [0.1, 0.15) is 11.2 Å². The standard InChI is InChI=1S/C36H23NO/c1-2-12-26-25(11-1)30-15-5-9-19-35(30)38-36-20-10-6-16-31(36)27-22-21-24(23-32(26)27)37-33-17-7-3-13-28(33)29-14-4-8-18-34(29)37/h1-23H. The molecule has 0 spiro atoms. The number of hydrogen-bond donors (Lipinski definition) is 0. The summed E-state index contributed by atoms with van der Waals surface area (Å²) in [7, 11) is 0. The van der Waals surface area contributed by atoms with Crippen LogP contribution in [0.3, 0.4) is 0 Å². The number of aromatic nitrogens is 1. The van der Waals surface area contributed by atoms with Crippen LogP contribution in [-0.2, 0) is 0 Å². The Morgan fingerprint density at radius 1 is 0.342 bits per heavy atom. The SMILES string of the molecule is c1ccc2c(c1)oc1ccccc1c1ccc(-n3c4ccccc4c4ccccc43)cc1c1ccccc21. The Bertz CT molecular complexity index is 2190. The summed E-state index contributed by atoms with van der Waals surface area (Å²) < 4.78 is 8.97. The van der Waals surface area contributed by atoms with Gasteiger partial charge in [-0.05, 0) is 57.9 Å². The van der Waals surface area contributed by atoms with Crippen LogP contribution < -0.4 is 0 Å². The van der Waals surface area contributed by atoms with Crippen LogP contribution in [0, 0.1) is 0 Å². The van der Waals surface area contributed by atoms with Gasteiger partial charge < -0.3 is 8.98 Å². The Hall–Kier alpha value is -5.08. The monoisotopic (exact) mass is 485 g/mol. The molecule has 0 bridgehead atoms. The van der Waals surface area contributed by atoms with Gasteiger partial charge in [0, 0.05) is 27.2 Å². The molecular weight excluding hydrogens is 462 g/mol. The molecule has 0 radical (unpaired) electrons. The predicted molar refractivity (Wildman–Crippen MR) is 161 cm³/mol. The molecule has 8 rings (SSSR count). The highest BCUT2D eigenvalue weighted by Crippen LogP contribution is 2.36. The molecule has 0 amide bonds. The number of benzene rings is 6. The lowest BCUT2D eigenvalue weighted by Gasteiger charge is -2.10. The topological polar surface area (TPSA) is 18.1 Å². The van der Waals surface area contributed by atoms with E-state index in [9.17, 15) is 0 Å². The molecule has 0 saturated carbocycles. The summed E-state index contributed by atoms with van der Waals surface area (Å²) in [5.74, 6) is 0. The van der Waals surface area contributed by atoms with Gasteiger partial charge in [-0.1, -0.05) is 103 Å². The largest absolute Gasteiger partial charge is 0.456 e. The minimum absolute atomic E-state index is 0.860. The van der Waals surface area contributed by atoms with E-state index in [2.05, 4.69) is 132 Å². The summed E-state index contributed by atoms with van der Waals surface area (Å²) in [5, 5.41) is 9.41. The molecule has 0 N–H and O–H groups in total. The lowest BCUT2D eigenvalue weighted by atomic mass is 10.0. The maximum absolute atomic E-state index is 6.59. The first-order valence-corrected chi connectivity index (χ1v) is 13.0. The van der Waals surface area contributed by atoms with Crippen LogP contribution in [0.4, 0.5) is 0 Å². The Morgan fingerprint density at radius 3 is 1.34 bits per heavy atom. The van der Waals surface area contributed by atoms with Crippen molar-refractivity contribution >= 4 is 65.3 Å². The van der Waals surface area contributed by atoms with Gasteiger partial charge in [0.25, 0.3) is 0 Å². The Balaban J connectivity index is 1.62. The molecule has 178 valence electrons. The maximum atomic E-state index is 6.59. The third kappa shape index (κ3) is 3.07. The molecule has 2 heteroatoms. The Kier molecular flexibility index (Phi) is 4.55. The minimum Gasteiger partial charge on any atom is -0.456 e. The van der Waals surface area contributed by atoms with Gasteiger partial charge in [-0.2, -0.15) is 0 Å². The smallest absolute Gasteiger partial charge is 0.135 e. The van der Waals surface area contributed by atoms with E-state index in [0.717, 1.165) is 38.4 Å². The van der Waals surface area contributed by atoms with Crippen molar-refractivity contribution < 1.29 is 4.42 Å². The zero-order valence-electron chi connectivity index (χ0n) is 20.6. The van der Waals surface area contributed by atoms with Crippen molar-refractivity contribution in [3.8, 4) is 5.69 Å². The second-order valence-electron chi connectivity index (χ2n) is 9.74. The lowest BCUT2D eigenvalue weighted by molar-refractivity contribution is 0.663. The lowest BCUT2D eigenvalue weighted by Crippen LogP contribution is -1.93. The molecule has 0 unspecified atom stereocenters. The van der Waals surface area contributed by atoms with Crippen LogP contribution in [0.15, 0.2) is 144 Å². The molecule has 2 heterocycles. The number of rotatable bonds is 1. The van der Waals surface area contributed by atoms with Crippen molar-refractivity contribution in [2.45, 2.75) is 0 Å². The van der Waals surface area contributed by atoms with Crippen LogP contribution in [0.1, 0.15) is 0 Å². The van der Waals surface area contributed by atoms with Gasteiger partial charge in [-0.25, -0.2) is 0 Å². The molecule has 0 saturated heterocycles. The van der Waals surface area contributed by atoms with Crippen LogP contribution in [0.2, 0.25) is 0 Å². The number of hydrogen-bond acceptors (Lipinski definition) is 1. The van der Waals surface area contributed by atoms with E-state index >= 15 is 0 Å². The minimum atomic E-state index is 0.860. The van der Waals surface area contributed by atoms with Gasteiger partial charge in [0.05, 0.1) is 11.0 Å². The zero-order chi connectivity index (χ0) is 25.1. The Morgan fingerprint density at radius 2 is 0.763 bits per heavy atom. The van der Waals surface area contributed by atoms with Crippen LogP contribution in [-0.4, -0.2) is 4.57 Å². The molecule has 8 aromatic rings. The van der Waals surface area contributed by atoms with E-state index in [1.165, 1.54) is 32.6 Å². The van der Waals surface area contributed by atoms with Crippen molar-refractivity contribution in [3.63, 3.8) is 0 Å². The molecule has 0 fully saturated rings. The highest BCUT2D eigenvalue weighted by atomic mass is 16.3. The van der Waals surface area contributed by atoms with Gasteiger partial charge in [0.2, 0.25) is 0 Å². The third-order valence-corrected chi connectivity index (χ3v) is 7.63. The fourth-order valence-electron chi connectivity index (χ4n) is 5.96. The second-order valence-corrected chi connectivity index (χ2v) is 9.74. The summed E-state index contributed by atoms with van der Waals surface area (Å²) in [6.07, 6.45) is 0. The molecule has 0 aliphatic heterocycles. The highest BCUT2D eigenvalue weighted by molar-refractivity contribution is 6.19. The van der Waals surface area contributed by atoms with Gasteiger partial charge in [-0.15, -0.1) is 0 Å². The van der Waals surface area contributed by atoms with Crippen molar-refractivity contribution in [1.29, 1.82) is 0 Å². The maximum Gasteiger partial charge on any atom is 0.135 e. The zero-order valence-corrected chi connectivity index (χ0v) is 20.6. The van der Waals surface area contributed by atoms with E-state index in [4.69, 9.17) is 4.42 Å². The molecule has 6 aromatic carbocycles. The number of nitrogens with zero attached hydrogens (tertiary/aromatic N) is 1. The molecule has 2 nitrogen and oxygen atoms in total. The summed E-state index contributed by atoms with van der Waals surface area (Å²) in [6, 6.07) is 49.5. The van der Waals surface area contributed by atoms with E-state index in [0.29, 0.717) is 0 Å². The molecular formula is C36H23NO. The second kappa shape index (κ2) is 8.22. The van der Waals surface area contributed by atoms with Crippen LogP contribution in [0.5, 0.6) is 0 Å². The molecule has 0 aliphatic rings. The summed E-state index contributed by atoms with van der Waals surface area (Å²) >= 11 is 0. The van der Waals surface area contributed by atoms with Crippen molar-refractivity contribution in [2.75, 3.05) is 0 Å². The van der Waals surface area contributed by atoms with Crippen molar-refractivity contribution in [2.24, 2.45) is 0 Å². The molecule has 0 atom stereocenters. The quantitative estimate of drug-likeness (QED) is 0.226. The summed E-state index contributed by atoms with van der Waals surface area (Å²) in [4.78, 5) is 0. The summed E-state index contributed by atoms with van der Waals surface area (Å²) in [5.41, 5.74) is 5.28. The van der Waals surface area contributed by atoms with Crippen LogP contribution >= 0.6 is 0 Å². The van der Waals surface area contributed by atoms with Crippen molar-refractivity contribution in [1.82, 2.24) is 4.57 Å². The first kappa shape index (κ1) is 21.0. The molecule has 38 heavy (non-hydrogen) atoms. The van der Waals surface area contributed by atoms with Gasteiger partial charge >= 0.3 is 0 Å². The van der Waals surface area contributed by atoms with E-state index in [-0.39, 0.29) is 0 Å². The average Bonchev–Trinajstić information content (AvgIpc) is 3.33. The van der Waals surface area contributed by atoms with Crippen LogP contribution in [0.25, 0.3) is 71.0 Å². The Labute approximate surface area is 219 Å². The highest BCUT2D eigenvalue weighted by Gasteiger charge is 2.13. The van der Waals surface area contributed by atoms with Crippen molar-refractivity contribution in [3.05, 3.63) is 140 Å². The molecule has 2 aromatic heterocycles. The number of fused-ring (bicyclic) bond motifs is 10. The summed E-state index contributed by atoms with van der Waals surface area (Å²) in [6.45, 7) is 0. The fraction of sp³-hybridized carbons (Fsp3) is 0. The first-order chi connectivity index (χ1) is 18.9. The van der Waals surface area contributed by atoms with E-state index < -0.39 is 0 Å². The first-order valence-electron chi connectivity index (χ1n) is 13.0. The predicted octanol–water partition coefficient (Wildman–Crippen LogP) is 10.1. The third-order valence-electron chi connectivity index (χ3n) is 7.63. The number of para-hydroxylation sites is 4. The molecule has 0 aliphatic carbocycles.